The van der Waals surface area contributed by atoms with Crippen molar-refractivity contribution in [2.45, 2.75) is 13.5 Å². The third-order valence-corrected chi connectivity index (χ3v) is 4.03. The minimum absolute atomic E-state index is 0.0232. The molecular weight excluding hydrogens is 353 g/mol. The summed E-state index contributed by atoms with van der Waals surface area (Å²) in [5.74, 6) is -0.709. The second kappa shape index (κ2) is 7.97. The number of benzene rings is 2. The van der Waals surface area contributed by atoms with Gasteiger partial charge in [-0.05, 0) is 36.8 Å². The lowest BCUT2D eigenvalue weighted by Crippen LogP contribution is -2.23. The maximum absolute atomic E-state index is 13.2. The van der Waals surface area contributed by atoms with E-state index in [2.05, 4.69) is 15.6 Å². The number of amides is 1. The summed E-state index contributed by atoms with van der Waals surface area (Å²) in [7, 11) is 0. The summed E-state index contributed by atoms with van der Waals surface area (Å²) >= 11 is 5.78. The molecule has 0 saturated carbocycles. The van der Waals surface area contributed by atoms with Crippen molar-refractivity contribution in [1.82, 2.24) is 10.3 Å². The topological polar surface area (TPSA) is 54.0 Å². The van der Waals surface area contributed by atoms with Gasteiger partial charge in [0.25, 0.3) is 5.91 Å². The fourth-order valence-corrected chi connectivity index (χ4v) is 2.66. The van der Waals surface area contributed by atoms with Gasteiger partial charge < -0.3 is 10.6 Å². The number of nitrogens with one attached hydrogen (secondary N) is 2. The molecule has 132 valence electrons. The number of anilines is 2. The van der Waals surface area contributed by atoms with E-state index in [1.807, 2.05) is 31.2 Å². The van der Waals surface area contributed by atoms with Gasteiger partial charge in [-0.2, -0.15) is 0 Å². The number of aromatic nitrogens is 1. The van der Waals surface area contributed by atoms with Crippen LogP contribution < -0.4 is 10.6 Å². The molecule has 26 heavy (non-hydrogen) atoms. The molecule has 0 fully saturated rings. The molecule has 1 aromatic heterocycles. The molecule has 1 heterocycles. The summed E-state index contributed by atoms with van der Waals surface area (Å²) in [6.45, 7) is 2.44. The molecule has 0 spiro atoms. The molecule has 0 bridgehead atoms. The van der Waals surface area contributed by atoms with Gasteiger partial charge in [0.05, 0.1) is 22.5 Å². The molecule has 0 aliphatic carbocycles. The molecule has 2 aromatic carbocycles. The SMILES string of the molecule is Cc1cccc(CNC(=O)c2cncc(Nc3ccc(F)c(Cl)c3)c2)c1. The molecule has 0 radical (unpaired) electrons. The van der Waals surface area contributed by atoms with E-state index in [1.54, 1.807) is 18.3 Å². The van der Waals surface area contributed by atoms with E-state index in [4.69, 9.17) is 11.6 Å². The van der Waals surface area contributed by atoms with Crippen molar-refractivity contribution in [3.63, 3.8) is 0 Å². The Morgan fingerprint density at radius 3 is 2.73 bits per heavy atom. The zero-order chi connectivity index (χ0) is 18.5. The highest BCUT2D eigenvalue weighted by molar-refractivity contribution is 6.31. The summed E-state index contributed by atoms with van der Waals surface area (Å²) < 4.78 is 13.2. The van der Waals surface area contributed by atoms with Gasteiger partial charge in [0.15, 0.2) is 0 Å². The van der Waals surface area contributed by atoms with Crippen LogP contribution in [0.2, 0.25) is 5.02 Å². The highest BCUT2D eigenvalue weighted by Gasteiger charge is 2.08. The maximum atomic E-state index is 13.2. The molecule has 4 nitrogen and oxygen atoms in total. The predicted octanol–water partition coefficient (Wildman–Crippen LogP) is 4.86. The average molecular weight is 370 g/mol. The van der Waals surface area contributed by atoms with Gasteiger partial charge in [-0.25, -0.2) is 4.39 Å². The Bertz CT molecular complexity index is 946. The van der Waals surface area contributed by atoms with Crippen molar-refractivity contribution in [2.75, 3.05) is 5.32 Å². The van der Waals surface area contributed by atoms with Crippen molar-refractivity contribution < 1.29 is 9.18 Å². The van der Waals surface area contributed by atoms with E-state index in [-0.39, 0.29) is 10.9 Å². The number of halogens is 2. The third kappa shape index (κ3) is 4.58. The number of carbonyl (C=O) groups excluding carboxylic acids is 1. The standard InChI is InChI=1S/C20H17ClFN3O/c1-13-3-2-4-14(7-13)10-24-20(26)15-8-17(12-23-11-15)25-16-5-6-19(22)18(21)9-16/h2-9,11-12,25H,10H2,1H3,(H,24,26). The molecule has 2 N–H and O–H groups in total. The molecule has 3 aromatic rings. The van der Waals surface area contributed by atoms with Crippen molar-refractivity contribution in [1.29, 1.82) is 0 Å². The van der Waals surface area contributed by atoms with E-state index in [0.717, 1.165) is 11.1 Å². The van der Waals surface area contributed by atoms with Crippen LogP contribution in [0.5, 0.6) is 0 Å². The first-order valence-corrected chi connectivity index (χ1v) is 8.40. The average Bonchev–Trinajstić information content (AvgIpc) is 2.63. The largest absolute Gasteiger partial charge is 0.354 e. The smallest absolute Gasteiger partial charge is 0.253 e. The van der Waals surface area contributed by atoms with Gasteiger partial charge in [-0.15, -0.1) is 0 Å². The van der Waals surface area contributed by atoms with Crippen LogP contribution in [0.1, 0.15) is 21.5 Å². The molecule has 3 rings (SSSR count). The van der Waals surface area contributed by atoms with Gasteiger partial charge in [-0.1, -0.05) is 41.4 Å². The quantitative estimate of drug-likeness (QED) is 0.675. The molecular formula is C20H17ClFN3O. The lowest BCUT2D eigenvalue weighted by Gasteiger charge is -2.09. The zero-order valence-corrected chi connectivity index (χ0v) is 14.8. The minimum atomic E-state index is -0.486. The van der Waals surface area contributed by atoms with E-state index in [9.17, 15) is 9.18 Å². The van der Waals surface area contributed by atoms with Gasteiger partial charge >= 0.3 is 0 Å². The van der Waals surface area contributed by atoms with E-state index in [1.165, 1.54) is 18.3 Å². The number of aryl methyl sites for hydroxylation is 1. The van der Waals surface area contributed by atoms with E-state index < -0.39 is 5.82 Å². The molecule has 0 aliphatic heterocycles. The van der Waals surface area contributed by atoms with Crippen LogP contribution in [0.15, 0.2) is 60.9 Å². The van der Waals surface area contributed by atoms with Gasteiger partial charge in [0, 0.05) is 18.4 Å². The lowest BCUT2D eigenvalue weighted by molar-refractivity contribution is 0.0950. The number of rotatable bonds is 5. The zero-order valence-electron chi connectivity index (χ0n) is 14.1. The van der Waals surface area contributed by atoms with Crippen molar-refractivity contribution in [3.8, 4) is 0 Å². The number of hydrogen-bond acceptors (Lipinski definition) is 3. The number of hydrogen-bond donors (Lipinski definition) is 2. The first-order valence-electron chi connectivity index (χ1n) is 8.02. The Morgan fingerprint density at radius 2 is 1.96 bits per heavy atom. The second-order valence-corrected chi connectivity index (χ2v) is 6.30. The monoisotopic (exact) mass is 369 g/mol. The molecule has 0 unspecified atom stereocenters. The van der Waals surface area contributed by atoms with Crippen LogP contribution in [-0.4, -0.2) is 10.9 Å². The van der Waals surface area contributed by atoms with Crippen LogP contribution in [-0.2, 0) is 6.54 Å². The van der Waals surface area contributed by atoms with E-state index >= 15 is 0 Å². The fraction of sp³-hybridized carbons (Fsp3) is 0.100. The molecule has 6 heteroatoms. The van der Waals surface area contributed by atoms with Crippen LogP contribution in [0.25, 0.3) is 0 Å². The number of nitrogens with zero attached hydrogens (tertiary/aromatic N) is 1. The lowest BCUT2D eigenvalue weighted by atomic mass is 10.1. The second-order valence-electron chi connectivity index (χ2n) is 5.89. The summed E-state index contributed by atoms with van der Waals surface area (Å²) in [6, 6.07) is 13.9. The first kappa shape index (κ1) is 17.9. The molecule has 0 saturated heterocycles. The van der Waals surface area contributed by atoms with Gasteiger partial charge in [-0.3, -0.25) is 9.78 Å². The number of carbonyl (C=O) groups is 1. The van der Waals surface area contributed by atoms with Crippen LogP contribution >= 0.6 is 11.6 Å². The maximum Gasteiger partial charge on any atom is 0.253 e. The van der Waals surface area contributed by atoms with Crippen LogP contribution in [0.4, 0.5) is 15.8 Å². The Hall–Kier alpha value is -2.92. The summed E-state index contributed by atoms with van der Waals surface area (Å²) in [5, 5.41) is 5.95. The van der Waals surface area contributed by atoms with Crippen LogP contribution in [0, 0.1) is 12.7 Å². The minimum Gasteiger partial charge on any atom is -0.354 e. The predicted molar refractivity (Wildman–Crippen MR) is 101 cm³/mol. The highest BCUT2D eigenvalue weighted by atomic mass is 35.5. The Kier molecular flexibility index (Phi) is 5.49. The summed E-state index contributed by atoms with van der Waals surface area (Å²) in [5.41, 5.74) is 3.81. The third-order valence-electron chi connectivity index (χ3n) is 3.74. The summed E-state index contributed by atoms with van der Waals surface area (Å²) in [6.07, 6.45) is 3.07. The van der Waals surface area contributed by atoms with Gasteiger partial charge in [0.1, 0.15) is 5.82 Å². The van der Waals surface area contributed by atoms with Crippen LogP contribution in [0.3, 0.4) is 0 Å². The Morgan fingerprint density at radius 1 is 1.12 bits per heavy atom. The highest BCUT2D eigenvalue weighted by Crippen LogP contribution is 2.22. The normalized spacial score (nSPS) is 10.4. The first-order chi connectivity index (χ1) is 12.5. The molecule has 0 aliphatic rings. The van der Waals surface area contributed by atoms with Crippen molar-refractivity contribution >= 4 is 28.9 Å². The van der Waals surface area contributed by atoms with Crippen molar-refractivity contribution in [3.05, 3.63) is 88.5 Å². The van der Waals surface area contributed by atoms with Gasteiger partial charge in [0.2, 0.25) is 0 Å². The Balaban J connectivity index is 1.67. The fourth-order valence-electron chi connectivity index (χ4n) is 2.48. The molecule has 0 atom stereocenters. The van der Waals surface area contributed by atoms with Crippen molar-refractivity contribution in [2.24, 2.45) is 0 Å². The van der Waals surface area contributed by atoms with E-state index in [0.29, 0.717) is 23.5 Å². The molecule has 1 amide bonds. The Labute approximate surface area is 156 Å². The number of pyridine rings is 1. The summed E-state index contributed by atoms with van der Waals surface area (Å²) in [4.78, 5) is 16.4.